The third-order valence-electron chi connectivity index (χ3n) is 3.12. The molecule has 0 heterocycles. The molecule has 0 unspecified atom stereocenters. The molecule has 0 radical (unpaired) electrons. The molecule has 0 aromatic heterocycles. The molecule has 19 heavy (non-hydrogen) atoms. The first-order valence-electron chi connectivity index (χ1n) is 6.45. The molecule has 2 rings (SSSR count). The molecular weight excluding hydrogens is 258 g/mol. The molecule has 0 fully saturated rings. The summed E-state index contributed by atoms with van der Waals surface area (Å²) in [5.74, 6) is 0.276. The summed E-state index contributed by atoms with van der Waals surface area (Å²) in [6, 6.07) is 13.6. The lowest BCUT2D eigenvalue weighted by Gasteiger charge is -2.08. The van der Waals surface area contributed by atoms with Crippen LogP contribution in [0.15, 0.2) is 42.5 Å². The van der Waals surface area contributed by atoms with E-state index >= 15 is 0 Å². The van der Waals surface area contributed by atoms with Crippen molar-refractivity contribution in [1.82, 2.24) is 5.32 Å². The highest BCUT2D eigenvalue weighted by Gasteiger charge is 2.01. The Morgan fingerprint density at radius 1 is 1.00 bits per heavy atom. The fraction of sp³-hybridized carbons (Fsp3) is 0.250. The van der Waals surface area contributed by atoms with Gasteiger partial charge in [0.1, 0.15) is 5.75 Å². The largest absolute Gasteiger partial charge is 0.508 e. The smallest absolute Gasteiger partial charge is 0.120 e. The predicted octanol–water partition coefficient (Wildman–Crippen LogP) is 3.90. The summed E-state index contributed by atoms with van der Waals surface area (Å²) in [6.45, 7) is 3.52. The summed E-state index contributed by atoms with van der Waals surface area (Å²) in [7, 11) is 0. The predicted molar refractivity (Wildman–Crippen MR) is 79.5 cm³/mol. The van der Waals surface area contributed by atoms with Crippen molar-refractivity contribution >= 4 is 11.6 Å². The third-order valence-corrected chi connectivity index (χ3v) is 3.35. The summed E-state index contributed by atoms with van der Waals surface area (Å²) >= 11 is 5.91. The van der Waals surface area contributed by atoms with Crippen LogP contribution in [-0.2, 0) is 19.5 Å². The zero-order chi connectivity index (χ0) is 13.7. The molecule has 0 atom stereocenters. The molecule has 0 aliphatic carbocycles. The van der Waals surface area contributed by atoms with Crippen molar-refractivity contribution in [3.8, 4) is 5.75 Å². The van der Waals surface area contributed by atoms with Gasteiger partial charge in [-0.15, -0.1) is 0 Å². The zero-order valence-electron chi connectivity index (χ0n) is 11.0. The number of aromatic hydroxyl groups is 1. The van der Waals surface area contributed by atoms with Crippen molar-refractivity contribution in [2.45, 2.75) is 26.4 Å². The molecule has 0 saturated carbocycles. The Bertz CT molecular complexity index is 537. The maximum Gasteiger partial charge on any atom is 0.120 e. The van der Waals surface area contributed by atoms with Gasteiger partial charge in [0.25, 0.3) is 0 Å². The van der Waals surface area contributed by atoms with Gasteiger partial charge in [0.15, 0.2) is 0 Å². The molecule has 2 nitrogen and oxygen atoms in total. The number of phenolic OH excluding ortho intramolecular Hbond substituents is 1. The number of hydrogen-bond donors (Lipinski definition) is 2. The highest BCUT2D eigenvalue weighted by atomic mass is 35.5. The number of nitrogens with one attached hydrogen (secondary N) is 1. The molecule has 2 aromatic rings. The summed E-state index contributed by atoms with van der Waals surface area (Å²) in [5, 5.41) is 13.6. The number of hydrogen-bond acceptors (Lipinski definition) is 2. The summed E-state index contributed by atoms with van der Waals surface area (Å²) < 4.78 is 0. The minimum Gasteiger partial charge on any atom is -0.508 e. The highest BCUT2D eigenvalue weighted by Crippen LogP contribution is 2.21. The number of phenols is 1. The average Bonchev–Trinajstić information content (AvgIpc) is 2.43. The standard InChI is InChI=1S/C16H18ClNO/c1-2-12-3-5-13(6-4-12)10-18-11-14-9-15(17)7-8-16(14)19/h3-9,18-19H,2,10-11H2,1H3. The van der Waals surface area contributed by atoms with E-state index in [1.165, 1.54) is 11.1 Å². The minimum atomic E-state index is 0.276. The van der Waals surface area contributed by atoms with Crippen molar-refractivity contribution in [2.24, 2.45) is 0 Å². The SMILES string of the molecule is CCc1ccc(CNCc2cc(Cl)ccc2O)cc1. The first-order chi connectivity index (χ1) is 9.19. The lowest BCUT2D eigenvalue weighted by Crippen LogP contribution is -2.12. The van der Waals surface area contributed by atoms with Gasteiger partial charge in [-0.3, -0.25) is 0 Å². The van der Waals surface area contributed by atoms with Crippen molar-refractivity contribution in [2.75, 3.05) is 0 Å². The Morgan fingerprint density at radius 3 is 2.37 bits per heavy atom. The van der Waals surface area contributed by atoms with Crippen LogP contribution >= 0.6 is 11.6 Å². The molecule has 0 aliphatic heterocycles. The van der Waals surface area contributed by atoms with Crippen molar-refractivity contribution < 1.29 is 5.11 Å². The third kappa shape index (κ3) is 3.98. The minimum absolute atomic E-state index is 0.276. The van der Waals surface area contributed by atoms with Gasteiger partial charge in [-0.1, -0.05) is 42.8 Å². The van der Waals surface area contributed by atoms with Gasteiger partial charge in [0.05, 0.1) is 0 Å². The fourth-order valence-corrected chi connectivity index (χ4v) is 2.12. The van der Waals surface area contributed by atoms with Crippen LogP contribution in [0.1, 0.15) is 23.6 Å². The van der Waals surface area contributed by atoms with E-state index in [0.29, 0.717) is 11.6 Å². The van der Waals surface area contributed by atoms with E-state index in [4.69, 9.17) is 11.6 Å². The van der Waals surface area contributed by atoms with Gasteiger partial charge < -0.3 is 10.4 Å². The maximum absolute atomic E-state index is 9.70. The van der Waals surface area contributed by atoms with Gasteiger partial charge in [0.2, 0.25) is 0 Å². The van der Waals surface area contributed by atoms with Crippen molar-refractivity contribution in [3.63, 3.8) is 0 Å². The molecular formula is C16H18ClNO. The van der Waals surface area contributed by atoms with Crippen LogP contribution < -0.4 is 5.32 Å². The lowest BCUT2D eigenvalue weighted by molar-refractivity contribution is 0.464. The number of benzene rings is 2. The van der Waals surface area contributed by atoms with Crippen LogP contribution in [0.4, 0.5) is 0 Å². The van der Waals surface area contributed by atoms with Gasteiger partial charge in [-0.05, 0) is 35.7 Å². The monoisotopic (exact) mass is 275 g/mol. The summed E-state index contributed by atoms with van der Waals surface area (Å²) in [6.07, 6.45) is 1.06. The molecule has 2 aromatic carbocycles. The molecule has 0 saturated heterocycles. The van der Waals surface area contributed by atoms with E-state index in [9.17, 15) is 5.11 Å². The van der Waals surface area contributed by atoms with E-state index in [-0.39, 0.29) is 5.75 Å². The second kappa shape index (κ2) is 6.60. The van der Waals surface area contributed by atoms with E-state index in [0.717, 1.165) is 18.5 Å². The normalized spacial score (nSPS) is 10.6. The molecule has 0 bridgehead atoms. The van der Waals surface area contributed by atoms with Gasteiger partial charge in [0, 0.05) is 23.7 Å². The topological polar surface area (TPSA) is 32.3 Å². The Balaban J connectivity index is 1.90. The van der Waals surface area contributed by atoms with Crippen LogP contribution in [0.25, 0.3) is 0 Å². The van der Waals surface area contributed by atoms with Crippen LogP contribution in [-0.4, -0.2) is 5.11 Å². The molecule has 2 N–H and O–H groups in total. The van der Waals surface area contributed by atoms with Crippen LogP contribution in [0, 0.1) is 0 Å². The van der Waals surface area contributed by atoms with Gasteiger partial charge in [-0.25, -0.2) is 0 Å². The van der Waals surface area contributed by atoms with E-state index in [1.807, 2.05) is 0 Å². The Labute approximate surface area is 119 Å². The second-order valence-electron chi connectivity index (χ2n) is 4.55. The summed E-state index contributed by atoms with van der Waals surface area (Å²) in [5.41, 5.74) is 3.40. The quantitative estimate of drug-likeness (QED) is 0.867. The summed E-state index contributed by atoms with van der Waals surface area (Å²) in [4.78, 5) is 0. The zero-order valence-corrected chi connectivity index (χ0v) is 11.7. The van der Waals surface area contributed by atoms with Gasteiger partial charge >= 0.3 is 0 Å². The first kappa shape index (κ1) is 13.9. The molecule has 3 heteroatoms. The van der Waals surface area contributed by atoms with Crippen LogP contribution in [0.5, 0.6) is 5.75 Å². The van der Waals surface area contributed by atoms with Crippen LogP contribution in [0.3, 0.4) is 0 Å². The molecule has 100 valence electrons. The van der Waals surface area contributed by atoms with Crippen molar-refractivity contribution in [1.29, 1.82) is 0 Å². The number of aryl methyl sites for hydroxylation is 1. The first-order valence-corrected chi connectivity index (χ1v) is 6.82. The van der Waals surface area contributed by atoms with Crippen molar-refractivity contribution in [3.05, 3.63) is 64.2 Å². The van der Waals surface area contributed by atoms with E-state index < -0.39 is 0 Å². The highest BCUT2D eigenvalue weighted by molar-refractivity contribution is 6.30. The maximum atomic E-state index is 9.70. The Hall–Kier alpha value is -1.51. The number of rotatable bonds is 5. The lowest BCUT2D eigenvalue weighted by atomic mass is 10.1. The number of halogens is 1. The van der Waals surface area contributed by atoms with E-state index in [2.05, 4.69) is 36.5 Å². The van der Waals surface area contributed by atoms with Gasteiger partial charge in [-0.2, -0.15) is 0 Å². The molecule has 0 spiro atoms. The molecule has 0 amide bonds. The molecule has 0 aliphatic rings. The fourth-order valence-electron chi connectivity index (χ4n) is 1.93. The Kier molecular flexibility index (Phi) is 4.83. The Morgan fingerprint density at radius 2 is 1.68 bits per heavy atom. The van der Waals surface area contributed by atoms with E-state index in [1.54, 1.807) is 18.2 Å². The second-order valence-corrected chi connectivity index (χ2v) is 4.98. The average molecular weight is 276 g/mol. The van der Waals surface area contributed by atoms with Crippen LogP contribution in [0.2, 0.25) is 5.02 Å².